The van der Waals surface area contributed by atoms with E-state index < -0.39 is 0 Å². The van der Waals surface area contributed by atoms with E-state index in [2.05, 4.69) is 39.9 Å². The summed E-state index contributed by atoms with van der Waals surface area (Å²) in [6, 6.07) is 0. The molecule has 4 nitrogen and oxygen atoms in total. The maximum Gasteiger partial charge on any atom is 0.290 e. The highest BCUT2D eigenvalue weighted by molar-refractivity contribution is 5.32. The van der Waals surface area contributed by atoms with Crippen LogP contribution in [0.15, 0.2) is 0 Å². The molecule has 0 aromatic heterocycles. The molecule has 0 amide bonds. The Kier molecular flexibility index (Phi) is 9.57. The van der Waals surface area contributed by atoms with Crippen molar-refractivity contribution in [3.63, 3.8) is 0 Å². The minimum Gasteiger partial charge on any atom is -0.483 e. The molecule has 5 rings (SSSR count). The SMILES string of the molecule is CC.CC[C@H](C)CN[C@H]1O[C@H]2CC3[C@@H]4CCC5CCCC[C@]5(C)C4CC[C@]3(C)C2[C@@H]1C.O=CO. The average molecular weight is 478 g/mol. The van der Waals surface area contributed by atoms with Gasteiger partial charge in [0.15, 0.2) is 0 Å². The van der Waals surface area contributed by atoms with Gasteiger partial charge in [-0.15, -0.1) is 0 Å². The molecule has 1 saturated heterocycles. The summed E-state index contributed by atoms with van der Waals surface area (Å²) in [6.45, 7) is 17.4. The molecule has 11 atom stereocenters. The molecule has 0 aromatic carbocycles. The predicted molar refractivity (Wildman–Crippen MR) is 141 cm³/mol. The Balaban J connectivity index is 0.000000603. The third-order valence-corrected chi connectivity index (χ3v) is 11.4. The van der Waals surface area contributed by atoms with E-state index in [-0.39, 0.29) is 6.47 Å². The van der Waals surface area contributed by atoms with Crippen LogP contribution in [0.3, 0.4) is 0 Å². The van der Waals surface area contributed by atoms with Gasteiger partial charge in [0, 0.05) is 12.5 Å². The molecule has 1 aliphatic heterocycles. The third kappa shape index (κ3) is 4.84. The second-order valence-corrected chi connectivity index (χ2v) is 12.7. The molecule has 34 heavy (non-hydrogen) atoms. The van der Waals surface area contributed by atoms with E-state index in [1.807, 2.05) is 13.8 Å². The Morgan fingerprint density at radius 1 is 1.06 bits per heavy atom. The van der Waals surface area contributed by atoms with Crippen LogP contribution in [0.25, 0.3) is 0 Å². The van der Waals surface area contributed by atoms with Crippen molar-refractivity contribution in [3.05, 3.63) is 0 Å². The van der Waals surface area contributed by atoms with Crippen LogP contribution in [0.1, 0.15) is 113 Å². The topological polar surface area (TPSA) is 58.6 Å². The molecule has 4 heteroatoms. The van der Waals surface area contributed by atoms with Crippen molar-refractivity contribution in [2.45, 2.75) is 125 Å². The Morgan fingerprint density at radius 3 is 2.44 bits per heavy atom. The number of hydrogen-bond donors (Lipinski definition) is 2. The molecule has 5 aliphatic rings. The molecule has 4 aliphatic carbocycles. The number of ether oxygens (including phenoxy) is 1. The van der Waals surface area contributed by atoms with Gasteiger partial charge >= 0.3 is 0 Å². The van der Waals surface area contributed by atoms with Crippen LogP contribution in [-0.4, -0.2) is 30.5 Å². The van der Waals surface area contributed by atoms with Crippen molar-refractivity contribution in [2.24, 2.45) is 52.3 Å². The summed E-state index contributed by atoms with van der Waals surface area (Å²) in [5.41, 5.74) is 1.18. The van der Waals surface area contributed by atoms with Crippen LogP contribution >= 0.6 is 0 Å². The monoisotopic (exact) mass is 477 g/mol. The van der Waals surface area contributed by atoms with Crippen molar-refractivity contribution >= 4 is 6.47 Å². The lowest BCUT2D eigenvalue weighted by Crippen LogP contribution is -2.53. The van der Waals surface area contributed by atoms with Gasteiger partial charge in [-0.05, 0) is 91.3 Å². The van der Waals surface area contributed by atoms with E-state index in [1.54, 1.807) is 0 Å². The van der Waals surface area contributed by atoms with Crippen LogP contribution in [0.5, 0.6) is 0 Å². The summed E-state index contributed by atoms with van der Waals surface area (Å²) in [5.74, 6) is 6.14. The fourth-order valence-corrected chi connectivity index (χ4v) is 9.60. The average Bonchev–Trinajstić information content (AvgIpc) is 3.32. The van der Waals surface area contributed by atoms with E-state index >= 15 is 0 Å². The molecule has 0 bridgehead atoms. The van der Waals surface area contributed by atoms with E-state index in [0.29, 0.717) is 29.1 Å². The molecular weight excluding hydrogens is 422 g/mol. The normalized spacial score (nSPS) is 47.4. The molecule has 4 unspecified atom stereocenters. The summed E-state index contributed by atoms with van der Waals surface area (Å²) >= 11 is 0. The van der Waals surface area contributed by atoms with Gasteiger partial charge in [-0.3, -0.25) is 10.1 Å². The van der Waals surface area contributed by atoms with Crippen molar-refractivity contribution in [3.8, 4) is 0 Å². The first-order valence-corrected chi connectivity index (χ1v) is 14.8. The largest absolute Gasteiger partial charge is 0.483 e. The lowest BCUT2D eigenvalue weighted by Gasteiger charge is -2.60. The highest BCUT2D eigenvalue weighted by Crippen LogP contribution is 2.69. The molecule has 0 radical (unpaired) electrons. The van der Waals surface area contributed by atoms with Crippen molar-refractivity contribution in [1.29, 1.82) is 0 Å². The zero-order chi connectivity index (χ0) is 25.1. The van der Waals surface area contributed by atoms with Gasteiger partial charge in [0.1, 0.15) is 6.23 Å². The van der Waals surface area contributed by atoms with Crippen LogP contribution in [0.4, 0.5) is 0 Å². The molecule has 4 saturated carbocycles. The predicted octanol–water partition coefficient (Wildman–Crippen LogP) is 7.37. The Hall–Kier alpha value is -0.610. The van der Waals surface area contributed by atoms with Gasteiger partial charge in [-0.2, -0.15) is 0 Å². The number of rotatable bonds is 4. The molecule has 198 valence electrons. The molecule has 0 spiro atoms. The molecule has 2 N–H and O–H groups in total. The van der Waals surface area contributed by atoms with Gasteiger partial charge in [-0.1, -0.05) is 67.7 Å². The van der Waals surface area contributed by atoms with Crippen LogP contribution < -0.4 is 5.32 Å². The standard InChI is InChI=1S/C27H47NO.C2H6.CH2O2/c1-6-17(2)16-28-25-18(3)24-23(29-25)15-22-20-11-10-19-9-7-8-13-26(19,4)21(20)12-14-27(22,24)5;1-2;2-1-3/h17-25,28H,6-16H2,1-5H3;1-2H3;1H,(H,2,3)/t17-,18-,19?,20+,21?,22?,23-,24?,25-,26-,27-;;/m0../s1. The first-order valence-electron chi connectivity index (χ1n) is 14.8. The number of carbonyl (C=O) groups is 1. The number of hydrogen-bond acceptors (Lipinski definition) is 3. The Bertz CT molecular complexity index is 655. The summed E-state index contributed by atoms with van der Waals surface area (Å²) < 4.78 is 6.75. The first-order chi connectivity index (χ1) is 16.3. The second kappa shape index (κ2) is 11.6. The summed E-state index contributed by atoms with van der Waals surface area (Å²) in [4.78, 5) is 8.36. The van der Waals surface area contributed by atoms with E-state index in [4.69, 9.17) is 14.6 Å². The zero-order valence-corrected chi connectivity index (χ0v) is 23.3. The maximum absolute atomic E-state index is 8.36. The van der Waals surface area contributed by atoms with Crippen molar-refractivity contribution in [2.75, 3.05) is 6.54 Å². The van der Waals surface area contributed by atoms with Crippen LogP contribution in [0.2, 0.25) is 0 Å². The maximum atomic E-state index is 8.36. The van der Waals surface area contributed by atoms with E-state index in [9.17, 15) is 0 Å². The molecule has 1 heterocycles. The van der Waals surface area contributed by atoms with Gasteiger partial charge in [0.25, 0.3) is 6.47 Å². The highest BCUT2D eigenvalue weighted by Gasteiger charge is 2.65. The first kappa shape index (κ1) is 28.0. The van der Waals surface area contributed by atoms with Gasteiger partial charge in [0.05, 0.1) is 6.10 Å². The summed E-state index contributed by atoms with van der Waals surface area (Å²) in [5, 5.41) is 10.7. The smallest absolute Gasteiger partial charge is 0.290 e. The van der Waals surface area contributed by atoms with Crippen molar-refractivity contribution < 1.29 is 14.6 Å². The highest BCUT2D eigenvalue weighted by atomic mass is 16.5. The Morgan fingerprint density at radius 2 is 1.76 bits per heavy atom. The fourth-order valence-electron chi connectivity index (χ4n) is 9.60. The second-order valence-electron chi connectivity index (χ2n) is 12.7. The lowest BCUT2D eigenvalue weighted by molar-refractivity contribution is -0.122. The number of nitrogens with one attached hydrogen (secondary N) is 1. The van der Waals surface area contributed by atoms with Crippen molar-refractivity contribution in [1.82, 2.24) is 5.32 Å². The van der Waals surface area contributed by atoms with Gasteiger partial charge in [0.2, 0.25) is 0 Å². The molecule has 0 aromatic rings. The number of fused-ring (bicyclic) bond motifs is 7. The van der Waals surface area contributed by atoms with E-state index in [1.165, 1.54) is 64.2 Å². The number of carboxylic acid groups (broad SMARTS) is 1. The van der Waals surface area contributed by atoms with E-state index in [0.717, 1.165) is 42.1 Å². The minimum atomic E-state index is -0.250. The lowest BCUT2D eigenvalue weighted by atomic mass is 9.44. The third-order valence-electron chi connectivity index (χ3n) is 11.4. The summed E-state index contributed by atoms with van der Waals surface area (Å²) in [6.07, 6.45) is 15.5. The fraction of sp³-hybridized carbons (Fsp3) is 0.967. The van der Waals surface area contributed by atoms with Gasteiger partial charge in [-0.25, -0.2) is 0 Å². The minimum absolute atomic E-state index is 0.250. The molecule has 5 fully saturated rings. The zero-order valence-electron chi connectivity index (χ0n) is 23.3. The molecular formula is C30H55NO3. The Labute approximate surface area is 210 Å². The quantitative estimate of drug-likeness (QED) is 0.415. The summed E-state index contributed by atoms with van der Waals surface area (Å²) in [7, 11) is 0. The van der Waals surface area contributed by atoms with Crippen LogP contribution in [0, 0.1) is 52.3 Å². The van der Waals surface area contributed by atoms with Crippen LogP contribution in [-0.2, 0) is 9.53 Å². The van der Waals surface area contributed by atoms with Gasteiger partial charge < -0.3 is 9.84 Å².